The van der Waals surface area contributed by atoms with E-state index in [1.165, 1.54) is 0 Å². The molecule has 0 radical (unpaired) electrons. The van der Waals surface area contributed by atoms with Crippen LogP contribution in [0.3, 0.4) is 0 Å². The van der Waals surface area contributed by atoms with E-state index in [9.17, 15) is 0 Å². The first-order chi connectivity index (χ1) is 33.5. The molecule has 12 heteroatoms. The maximum Gasteiger partial charge on any atom is 0.119 e. The van der Waals surface area contributed by atoms with Gasteiger partial charge in [-0.25, -0.2) is 0 Å². The van der Waals surface area contributed by atoms with Gasteiger partial charge in [0.2, 0.25) is 0 Å². The maximum absolute atomic E-state index is 5.47. The number of pyridine rings is 6. The molecule has 10 aromatic rings. The van der Waals surface area contributed by atoms with Gasteiger partial charge in [-0.05, 0) is 119 Å². The molecule has 340 valence electrons. The van der Waals surface area contributed by atoms with E-state index >= 15 is 0 Å². The van der Waals surface area contributed by atoms with E-state index < -0.39 is 0 Å². The molecule has 68 heavy (non-hydrogen) atoms. The summed E-state index contributed by atoms with van der Waals surface area (Å²) in [7, 11) is 6.74. The van der Waals surface area contributed by atoms with Crippen LogP contribution in [-0.4, -0.2) is 68.1 Å². The SMILES string of the molecule is COc1ccc2ccnc(CN(Cc3ccccn3)Cc3nccc4ccc(OC)cc34)c2c1.COc1ccc2ccnc(CN(Cc3ccccn3)Cc3nccc4ccc(OC)cc34)c2c1. The number of methoxy groups -OCH3 is 4. The Morgan fingerprint density at radius 1 is 0.309 bits per heavy atom. The van der Waals surface area contributed by atoms with Gasteiger partial charge in [-0.15, -0.1) is 0 Å². The van der Waals surface area contributed by atoms with Crippen LogP contribution in [0.15, 0.2) is 171 Å². The Balaban J connectivity index is 0.000000170. The van der Waals surface area contributed by atoms with Crippen molar-refractivity contribution in [3.05, 3.63) is 205 Å². The predicted octanol–water partition coefficient (Wildman–Crippen LogP) is 10.8. The van der Waals surface area contributed by atoms with Crippen LogP contribution in [0.5, 0.6) is 23.0 Å². The summed E-state index contributed by atoms with van der Waals surface area (Å²) >= 11 is 0. The highest BCUT2D eigenvalue weighted by molar-refractivity contribution is 5.88. The van der Waals surface area contributed by atoms with Crippen molar-refractivity contribution in [1.29, 1.82) is 0 Å². The number of aromatic nitrogens is 6. The highest BCUT2D eigenvalue weighted by Gasteiger charge is 2.17. The van der Waals surface area contributed by atoms with Crippen molar-refractivity contribution in [2.24, 2.45) is 0 Å². The predicted molar refractivity (Wildman–Crippen MR) is 268 cm³/mol. The molecule has 0 amide bonds. The van der Waals surface area contributed by atoms with E-state index in [1.807, 2.05) is 122 Å². The molecular formula is C56H52N8O4. The van der Waals surface area contributed by atoms with Gasteiger partial charge in [0.15, 0.2) is 0 Å². The second kappa shape index (κ2) is 21.5. The van der Waals surface area contributed by atoms with Crippen molar-refractivity contribution in [3.63, 3.8) is 0 Å². The number of rotatable bonds is 16. The standard InChI is InChI=1S/2C28H26N4O2/c2*1-33-23-8-6-20-10-13-30-27(25(20)15-23)18-32(17-22-5-3-4-12-29-22)19-28-26-16-24(34-2)9-7-21(26)11-14-31-28/h2*3-16H,17-19H2,1-2H3. The molecule has 0 saturated carbocycles. The molecule has 0 aliphatic carbocycles. The van der Waals surface area contributed by atoms with Crippen molar-refractivity contribution in [3.8, 4) is 23.0 Å². The molecule has 10 rings (SSSR count). The first-order valence-electron chi connectivity index (χ1n) is 22.4. The van der Waals surface area contributed by atoms with E-state index in [2.05, 4.69) is 68.3 Å². The zero-order valence-electron chi connectivity index (χ0n) is 38.6. The lowest BCUT2D eigenvalue weighted by molar-refractivity contribution is 0.241. The Morgan fingerprint density at radius 3 is 0.853 bits per heavy atom. The van der Waals surface area contributed by atoms with Crippen LogP contribution >= 0.6 is 0 Å². The normalized spacial score (nSPS) is 11.3. The van der Waals surface area contributed by atoms with Crippen molar-refractivity contribution >= 4 is 43.1 Å². The van der Waals surface area contributed by atoms with Crippen molar-refractivity contribution in [1.82, 2.24) is 39.7 Å². The van der Waals surface area contributed by atoms with Crippen molar-refractivity contribution < 1.29 is 18.9 Å². The molecule has 0 saturated heterocycles. The summed E-state index contributed by atoms with van der Waals surface area (Å²) in [4.78, 5) is 32.7. The van der Waals surface area contributed by atoms with E-state index in [1.54, 1.807) is 28.4 Å². The number of nitrogens with zero attached hydrogens (tertiary/aromatic N) is 8. The Morgan fingerprint density at radius 2 is 0.603 bits per heavy atom. The summed E-state index contributed by atoms with van der Waals surface area (Å²) < 4.78 is 21.9. The smallest absolute Gasteiger partial charge is 0.119 e. The van der Waals surface area contributed by atoms with Gasteiger partial charge in [-0.3, -0.25) is 39.7 Å². The van der Waals surface area contributed by atoms with Gasteiger partial charge in [0.05, 0.1) is 62.6 Å². The minimum absolute atomic E-state index is 0.642. The molecule has 6 aromatic heterocycles. The second-order valence-corrected chi connectivity index (χ2v) is 16.3. The monoisotopic (exact) mass is 900 g/mol. The molecule has 0 aliphatic heterocycles. The Hall–Kier alpha value is -8.06. The highest BCUT2D eigenvalue weighted by atomic mass is 16.5. The van der Waals surface area contributed by atoms with Crippen LogP contribution in [0.2, 0.25) is 0 Å². The summed E-state index contributed by atoms with van der Waals surface area (Å²) in [5.74, 6) is 3.28. The van der Waals surface area contributed by atoms with Crippen LogP contribution in [0, 0.1) is 0 Å². The van der Waals surface area contributed by atoms with Gasteiger partial charge in [0.1, 0.15) is 23.0 Å². The first-order valence-corrected chi connectivity index (χ1v) is 22.4. The molecule has 6 heterocycles. The van der Waals surface area contributed by atoms with Gasteiger partial charge in [-0.1, -0.05) is 36.4 Å². The van der Waals surface area contributed by atoms with Crippen molar-refractivity contribution in [2.45, 2.75) is 39.3 Å². The summed E-state index contributed by atoms with van der Waals surface area (Å²) in [6.07, 6.45) is 11.1. The van der Waals surface area contributed by atoms with Crippen molar-refractivity contribution in [2.75, 3.05) is 28.4 Å². The molecule has 0 unspecified atom stereocenters. The minimum atomic E-state index is 0.642. The molecule has 0 atom stereocenters. The van der Waals surface area contributed by atoms with E-state index in [0.717, 1.165) is 100 Å². The summed E-state index contributed by atoms with van der Waals surface area (Å²) in [6.45, 7) is 3.91. The Kier molecular flexibility index (Phi) is 14.3. The summed E-state index contributed by atoms with van der Waals surface area (Å²) in [5.41, 5.74) is 5.96. The quantitative estimate of drug-likeness (QED) is 0.0918. The molecule has 4 aromatic carbocycles. The number of hydrogen-bond acceptors (Lipinski definition) is 12. The van der Waals surface area contributed by atoms with Gasteiger partial charge >= 0.3 is 0 Å². The maximum atomic E-state index is 5.47. The molecule has 0 spiro atoms. The molecule has 0 N–H and O–H groups in total. The fourth-order valence-corrected chi connectivity index (χ4v) is 8.47. The summed E-state index contributed by atoms with van der Waals surface area (Å²) in [6, 6.07) is 44.5. The van der Waals surface area contributed by atoms with Gasteiger partial charge < -0.3 is 18.9 Å². The highest BCUT2D eigenvalue weighted by Crippen LogP contribution is 2.29. The topological polar surface area (TPSA) is 121 Å². The number of fused-ring (bicyclic) bond motifs is 4. The van der Waals surface area contributed by atoms with Gasteiger partial charge in [-0.2, -0.15) is 0 Å². The van der Waals surface area contributed by atoms with Crippen LogP contribution < -0.4 is 18.9 Å². The van der Waals surface area contributed by atoms with E-state index in [4.69, 9.17) is 38.9 Å². The molecule has 0 fully saturated rings. The Labute approximate surface area is 395 Å². The second-order valence-electron chi connectivity index (χ2n) is 16.3. The fourth-order valence-electron chi connectivity index (χ4n) is 8.47. The summed E-state index contributed by atoms with van der Waals surface area (Å²) in [5, 5.41) is 8.88. The number of hydrogen-bond donors (Lipinski definition) is 0. The first kappa shape index (κ1) is 45.1. The lowest BCUT2D eigenvalue weighted by Crippen LogP contribution is -2.24. The lowest BCUT2D eigenvalue weighted by atomic mass is 10.1. The zero-order chi connectivity index (χ0) is 46.7. The number of ether oxygens (including phenoxy) is 4. The number of benzene rings is 4. The molecular weight excluding hydrogens is 849 g/mol. The van der Waals surface area contributed by atoms with E-state index in [0.29, 0.717) is 39.3 Å². The molecule has 12 nitrogen and oxygen atoms in total. The third-order valence-corrected chi connectivity index (χ3v) is 11.9. The van der Waals surface area contributed by atoms with Crippen LogP contribution in [0.25, 0.3) is 43.1 Å². The van der Waals surface area contributed by atoms with Gasteiger partial charge in [0.25, 0.3) is 0 Å². The van der Waals surface area contributed by atoms with Crippen LogP contribution in [0.4, 0.5) is 0 Å². The lowest BCUT2D eigenvalue weighted by Gasteiger charge is -2.23. The fraction of sp³-hybridized carbons (Fsp3) is 0.179. The third-order valence-electron chi connectivity index (χ3n) is 11.9. The largest absolute Gasteiger partial charge is 0.497 e. The van der Waals surface area contributed by atoms with Gasteiger partial charge in [0, 0.05) is 98.0 Å². The average molecular weight is 901 g/mol. The molecule has 0 bridgehead atoms. The zero-order valence-corrected chi connectivity index (χ0v) is 38.6. The van der Waals surface area contributed by atoms with Crippen LogP contribution in [-0.2, 0) is 39.3 Å². The average Bonchev–Trinajstić information content (AvgIpc) is 3.39. The molecule has 0 aliphatic rings. The van der Waals surface area contributed by atoms with E-state index in [-0.39, 0.29) is 0 Å². The van der Waals surface area contributed by atoms with Crippen LogP contribution in [0.1, 0.15) is 34.2 Å². The minimum Gasteiger partial charge on any atom is -0.497 e. The third kappa shape index (κ3) is 10.8. The Bertz CT molecular complexity index is 2890.